The Morgan fingerprint density at radius 2 is 1.79 bits per heavy atom. The number of alkyl halides is 1. The van der Waals surface area contributed by atoms with Gasteiger partial charge in [-0.15, -0.1) is 11.6 Å². The molecular weight excluding hydrogens is 320 g/mol. The van der Waals surface area contributed by atoms with E-state index in [-0.39, 0.29) is 5.38 Å². The maximum atomic E-state index is 6.75. The number of benzene rings is 2. The van der Waals surface area contributed by atoms with Crippen LogP contribution in [0.5, 0.6) is 0 Å². The van der Waals surface area contributed by atoms with Crippen molar-refractivity contribution in [1.82, 2.24) is 0 Å². The highest BCUT2D eigenvalue weighted by molar-refractivity contribution is 9.10. The monoisotopic (exact) mass is 334 g/mol. The third kappa shape index (κ3) is 2.73. The largest absolute Gasteiger partial charge is 0.117 e. The molecule has 0 radical (unpaired) electrons. The van der Waals surface area contributed by atoms with Crippen molar-refractivity contribution in [2.75, 3.05) is 0 Å². The van der Waals surface area contributed by atoms with Crippen LogP contribution in [0, 0.1) is 0 Å². The van der Waals surface area contributed by atoms with Crippen molar-refractivity contribution in [2.45, 2.75) is 30.6 Å². The van der Waals surface area contributed by atoms with Crippen LogP contribution in [0.25, 0.3) is 0 Å². The summed E-state index contributed by atoms with van der Waals surface area (Å²) in [6, 6.07) is 17.1. The van der Waals surface area contributed by atoms with E-state index < -0.39 is 0 Å². The molecule has 0 aromatic heterocycles. The first kappa shape index (κ1) is 13.2. The number of hydrogen-bond acceptors (Lipinski definition) is 0. The highest BCUT2D eigenvalue weighted by atomic mass is 79.9. The van der Waals surface area contributed by atoms with Gasteiger partial charge in [-0.05, 0) is 48.1 Å². The number of halogens is 2. The van der Waals surface area contributed by atoms with Crippen LogP contribution < -0.4 is 0 Å². The Hall–Kier alpha value is -0.790. The fourth-order valence-electron chi connectivity index (χ4n) is 2.97. The highest BCUT2D eigenvalue weighted by Crippen LogP contribution is 2.43. The predicted octanol–water partition coefficient (Wildman–Crippen LogP) is 5.85. The summed E-state index contributed by atoms with van der Waals surface area (Å²) in [6.07, 6.45) is 3.61. The minimum Gasteiger partial charge on any atom is -0.117 e. The molecule has 0 nitrogen and oxygen atoms in total. The van der Waals surface area contributed by atoms with E-state index >= 15 is 0 Å². The van der Waals surface area contributed by atoms with Gasteiger partial charge in [0.05, 0.1) is 5.38 Å². The van der Waals surface area contributed by atoms with E-state index in [1.54, 1.807) is 0 Å². The first-order valence-electron chi connectivity index (χ1n) is 6.73. The number of fused-ring (bicyclic) bond motifs is 1. The van der Waals surface area contributed by atoms with Crippen LogP contribution in [0.3, 0.4) is 0 Å². The van der Waals surface area contributed by atoms with E-state index in [0.717, 1.165) is 4.47 Å². The SMILES string of the molecule is ClC(c1ccc(Br)cc1)C1CCCc2ccccc21. The second kappa shape index (κ2) is 5.68. The van der Waals surface area contributed by atoms with E-state index in [9.17, 15) is 0 Å². The van der Waals surface area contributed by atoms with E-state index in [2.05, 4.69) is 64.5 Å². The maximum Gasteiger partial charge on any atom is 0.0653 e. The summed E-state index contributed by atoms with van der Waals surface area (Å²) in [7, 11) is 0. The summed E-state index contributed by atoms with van der Waals surface area (Å²) in [4.78, 5) is 0. The van der Waals surface area contributed by atoms with Gasteiger partial charge in [0.25, 0.3) is 0 Å². The van der Waals surface area contributed by atoms with E-state index in [4.69, 9.17) is 11.6 Å². The van der Waals surface area contributed by atoms with Gasteiger partial charge in [-0.2, -0.15) is 0 Å². The van der Waals surface area contributed by atoms with Crippen LogP contribution in [-0.4, -0.2) is 0 Å². The molecule has 2 unspecified atom stereocenters. The molecule has 0 bridgehead atoms. The zero-order chi connectivity index (χ0) is 13.2. The molecule has 2 aromatic carbocycles. The van der Waals surface area contributed by atoms with Gasteiger partial charge in [0.15, 0.2) is 0 Å². The highest BCUT2D eigenvalue weighted by Gasteiger charge is 2.27. The minimum absolute atomic E-state index is 0.0644. The maximum absolute atomic E-state index is 6.75. The number of hydrogen-bond donors (Lipinski definition) is 0. The molecule has 19 heavy (non-hydrogen) atoms. The molecule has 0 heterocycles. The van der Waals surface area contributed by atoms with E-state index in [1.807, 2.05) is 0 Å². The lowest BCUT2D eigenvalue weighted by Crippen LogP contribution is -2.14. The van der Waals surface area contributed by atoms with Crippen LogP contribution in [0.15, 0.2) is 53.0 Å². The van der Waals surface area contributed by atoms with E-state index in [0.29, 0.717) is 5.92 Å². The molecule has 0 saturated carbocycles. The van der Waals surface area contributed by atoms with Crippen molar-refractivity contribution in [1.29, 1.82) is 0 Å². The van der Waals surface area contributed by atoms with Gasteiger partial charge in [0.2, 0.25) is 0 Å². The van der Waals surface area contributed by atoms with Gasteiger partial charge in [-0.25, -0.2) is 0 Å². The topological polar surface area (TPSA) is 0 Å². The summed E-state index contributed by atoms with van der Waals surface area (Å²) >= 11 is 10.2. The molecule has 98 valence electrons. The van der Waals surface area contributed by atoms with Gasteiger partial charge in [0, 0.05) is 10.4 Å². The molecular formula is C17H16BrCl. The minimum atomic E-state index is 0.0644. The van der Waals surface area contributed by atoms with Crippen molar-refractivity contribution in [2.24, 2.45) is 0 Å². The average molecular weight is 336 g/mol. The van der Waals surface area contributed by atoms with E-state index in [1.165, 1.54) is 36.0 Å². The van der Waals surface area contributed by atoms with Crippen LogP contribution in [-0.2, 0) is 6.42 Å². The normalized spacial score (nSPS) is 19.8. The van der Waals surface area contributed by atoms with Crippen molar-refractivity contribution in [3.05, 3.63) is 69.7 Å². The summed E-state index contributed by atoms with van der Waals surface area (Å²) in [5.41, 5.74) is 4.13. The molecule has 0 saturated heterocycles. The first-order chi connectivity index (χ1) is 9.25. The standard InChI is InChI=1S/C17H16BrCl/c18-14-10-8-13(9-11-14)17(19)16-7-3-5-12-4-1-2-6-15(12)16/h1-2,4,6,8-11,16-17H,3,5,7H2. The lowest BCUT2D eigenvalue weighted by Gasteiger charge is -2.29. The van der Waals surface area contributed by atoms with Gasteiger partial charge in [-0.1, -0.05) is 52.3 Å². The molecule has 1 aliphatic carbocycles. The van der Waals surface area contributed by atoms with Crippen molar-refractivity contribution < 1.29 is 0 Å². The Morgan fingerprint density at radius 3 is 2.58 bits per heavy atom. The molecule has 0 amide bonds. The zero-order valence-electron chi connectivity index (χ0n) is 10.7. The smallest absolute Gasteiger partial charge is 0.0653 e. The fraction of sp³-hybridized carbons (Fsp3) is 0.294. The predicted molar refractivity (Wildman–Crippen MR) is 84.9 cm³/mol. The Bertz CT molecular complexity index is 562. The molecule has 0 fully saturated rings. The summed E-state index contributed by atoms with van der Waals surface area (Å²) in [5, 5.41) is 0.0644. The van der Waals surface area contributed by atoms with Crippen LogP contribution in [0.4, 0.5) is 0 Å². The molecule has 0 N–H and O–H groups in total. The van der Waals surface area contributed by atoms with Crippen LogP contribution in [0.1, 0.15) is 40.8 Å². The zero-order valence-corrected chi connectivity index (χ0v) is 13.0. The Labute approximate surface area is 127 Å². The number of rotatable bonds is 2. The molecule has 2 atom stereocenters. The first-order valence-corrected chi connectivity index (χ1v) is 7.96. The van der Waals surface area contributed by atoms with Gasteiger partial charge in [-0.3, -0.25) is 0 Å². The fourth-order valence-corrected chi connectivity index (χ4v) is 3.65. The second-order valence-electron chi connectivity index (χ2n) is 5.15. The molecule has 2 heteroatoms. The van der Waals surface area contributed by atoms with Crippen LogP contribution in [0.2, 0.25) is 0 Å². The third-order valence-electron chi connectivity index (χ3n) is 3.96. The lowest BCUT2D eigenvalue weighted by atomic mass is 9.79. The molecule has 0 spiro atoms. The Balaban J connectivity index is 1.92. The molecule has 3 rings (SSSR count). The number of aryl methyl sites for hydroxylation is 1. The summed E-state index contributed by atoms with van der Waals surface area (Å²) < 4.78 is 1.10. The van der Waals surface area contributed by atoms with Gasteiger partial charge < -0.3 is 0 Å². The summed E-state index contributed by atoms with van der Waals surface area (Å²) in [6.45, 7) is 0. The van der Waals surface area contributed by atoms with Crippen molar-refractivity contribution in [3.63, 3.8) is 0 Å². The lowest BCUT2D eigenvalue weighted by molar-refractivity contribution is 0.539. The van der Waals surface area contributed by atoms with Crippen molar-refractivity contribution >= 4 is 27.5 Å². The van der Waals surface area contributed by atoms with Gasteiger partial charge >= 0.3 is 0 Å². The molecule has 0 aliphatic heterocycles. The quantitative estimate of drug-likeness (QED) is 0.604. The Kier molecular flexibility index (Phi) is 3.95. The van der Waals surface area contributed by atoms with Gasteiger partial charge in [0.1, 0.15) is 0 Å². The van der Waals surface area contributed by atoms with Crippen LogP contribution >= 0.6 is 27.5 Å². The second-order valence-corrected chi connectivity index (χ2v) is 6.54. The Morgan fingerprint density at radius 1 is 1.05 bits per heavy atom. The van der Waals surface area contributed by atoms with Crippen molar-refractivity contribution in [3.8, 4) is 0 Å². The third-order valence-corrected chi connectivity index (χ3v) is 5.04. The molecule has 2 aromatic rings. The molecule has 1 aliphatic rings. The summed E-state index contributed by atoms with van der Waals surface area (Å²) in [5.74, 6) is 0.438. The average Bonchev–Trinajstić information content (AvgIpc) is 2.47.